The predicted molar refractivity (Wildman–Crippen MR) is 231 cm³/mol. The molecule has 0 saturated heterocycles. The van der Waals surface area contributed by atoms with Crippen LogP contribution < -0.4 is 0 Å². The summed E-state index contributed by atoms with van der Waals surface area (Å²) in [5.41, 5.74) is 22.4. The van der Waals surface area contributed by atoms with E-state index in [1.54, 1.807) is 0 Å². The summed E-state index contributed by atoms with van der Waals surface area (Å²) in [4.78, 5) is 15.6. The van der Waals surface area contributed by atoms with Gasteiger partial charge in [0.05, 0.1) is 19.6 Å². The molecule has 0 saturated carbocycles. The Kier molecular flexibility index (Phi) is 24.4. The molecule has 3 heterocycles. The molecule has 3 aliphatic rings. The first kappa shape index (κ1) is 53.0. The third-order valence-corrected chi connectivity index (χ3v) is 10.7. The van der Waals surface area contributed by atoms with E-state index >= 15 is 0 Å². The van der Waals surface area contributed by atoms with E-state index in [4.69, 9.17) is 30.9 Å². The zero-order valence-electron chi connectivity index (χ0n) is 35.3. The van der Waals surface area contributed by atoms with E-state index < -0.39 is 0 Å². The SMILES string of the molecule is CCc1c2c(CC)c3c(CC)c1CN=C(C)/C=C(/C)[N-]Cc1c(CC)c(c(CC)c(c1CC)C[N-]/C(C)=C\C(C)=NC2)CN=C(C)/C=C(/C)[N-]C3.[Cu+2].[Cu+].[Cu+].[SH-]. The predicted octanol–water partition coefficient (Wildman–Crippen LogP) is 11.7. The van der Waals surface area contributed by atoms with Crippen molar-refractivity contribution in [3.05, 3.63) is 118 Å². The second kappa shape index (κ2) is 25.4. The topological polar surface area (TPSA) is 79.4 Å². The molecule has 0 spiro atoms. The van der Waals surface area contributed by atoms with E-state index in [9.17, 15) is 0 Å². The smallest absolute Gasteiger partial charge is 0.813 e. The summed E-state index contributed by atoms with van der Waals surface area (Å²) >= 11 is 0. The number of benzene rings is 2. The number of hydrogen-bond acceptors (Lipinski definition) is 4. The van der Waals surface area contributed by atoms with Gasteiger partial charge in [0.2, 0.25) is 0 Å². The second-order valence-electron chi connectivity index (χ2n) is 14.0. The van der Waals surface area contributed by atoms with Crippen molar-refractivity contribution in [2.24, 2.45) is 15.0 Å². The van der Waals surface area contributed by atoms with E-state index in [-0.39, 0.29) is 64.7 Å². The molecule has 2 aromatic carbocycles. The Morgan fingerprint density at radius 2 is 0.600 bits per heavy atom. The normalized spacial score (nSPS) is 17.9. The fourth-order valence-corrected chi connectivity index (χ4v) is 8.29. The molecule has 5 rings (SSSR count). The first-order valence-electron chi connectivity index (χ1n) is 19.5. The summed E-state index contributed by atoms with van der Waals surface area (Å²) in [6.45, 7) is 30.2. The molecular formula is C45H64Cu3N6S. The average molecular weight is 912 g/mol. The van der Waals surface area contributed by atoms with E-state index in [0.29, 0.717) is 39.3 Å². The maximum Gasteiger partial charge on any atom is 2.00 e. The van der Waals surface area contributed by atoms with Crippen molar-refractivity contribution in [1.82, 2.24) is 0 Å². The average Bonchev–Trinajstić information content (AvgIpc) is 3.10. The second-order valence-corrected chi connectivity index (χ2v) is 14.0. The number of thiol groups is 1. The Hall–Kier alpha value is -2.02. The molecule has 0 aromatic heterocycles. The first-order chi connectivity index (χ1) is 24.5. The van der Waals surface area contributed by atoms with Crippen molar-refractivity contribution in [1.29, 1.82) is 0 Å². The van der Waals surface area contributed by atoms with Gasteiger partial charge in [0, 0.05) is 17.1 Å². The number of rotatable bonds is 6. The van der Waals surface area contributed by atoms with Gasteiger partial charge in [-0.3, -0.25) is 15.0 Å². The van der Waals surface area contributed by atoms with E-state index in [0.717, 1.165) is 72.8 Å². The van der Waals surface area contributed by atoms with Crippen molar-refractivity contribution in [3.63, 3.8) is 0 Å². The fourth-order valence-electron chi connectivity index (χ4n) is 8.29. The minimum absolute atomic E-state index is 0. The molecule has 10 heteroatoms. The van der Waals surface area contributed by atoms with Crippen molar-refractivity contribution in [2.45, 2.75) is 161 Å². The standard InChI is InChI=1S/C45H63N6.3Cu.H2S/c1-13-34-40-22-46-28(7)19-30(9)49-25-43-37(16-4)44-26-50-31(10)20-29(8)47-23-41(34)36(15-3)42(35(40)14-2)24-48-32(11)21-33(12)51-27-45(38(43)17-5)39(44)18-6;;;;/h19-21H,13-18,22-27H2,1-12H3;;;;1H2/q-3;2*+1;+2;/p-1/b28-19-,29-20-,33-21-,48-32?,49-30?,50-31?;;;;. The van der Waals surface area contributed by atoms with Crippen LogP contribution in [0.3, 0.4) is 0 Å². The summed E-state index contributed by atoms with van der Waals surface area (Å²) in [7, 11) is 0. The molecule has 313 valence electrons. The number of aliphatic imine (C=N–C) groups is 3. The fraction of sp³-hybridized carbons (Fsp3) is 0.533. The molecule has 6 bridgehead atoms. The van der Waals surface area contributed by atoms with Crippen LogP contribution >= 0.6 is 0 Å². The van der Waals surface area contributed by atoms with E-state index in [1.807, 2.05) is 0 Å². The van der Waals surface area contributed by atoms with Crippen LogP contribution in [0.25, 0.3) is 16.0 Å². The van der Waals surface area contributed by atoms with Gasteiger partial charge in [-0.1, -0.05) is 97.2 Å². The number of fused-ring (bicyclic) bond motifs is 12. The molecule has 0 amide bonds. The third kappa shape index (κ3) is 13.0. The first-order valence-corrected chi connectivity index (χ1v) is 19.5. The third-order valence-electron chi connectivity index (χ3n) is 10.7. The zero-order chi connectivity index (χ0) is 37.2. The summed E-state index contributed by atoms with van der Waals surface area (Å²) in [5.74, 6) is 0. The molecule has 2 aromatic rings. The molecular weight excluding hydrogens is 847 g/mol. The Labute approximate surface area is 373 Å². The van der Waals surface area contributed by atoms with Crippen LogP contribution in [0.1, 0.15) is 150 Å². The van der Waals surface area contributed by atoms with Crippen LogP contribution in [0.15, 0.2) is 50.3 Å². The maximum atomic E-state index is 5.21. The Bertz CT molecular complexity index is 1700. The summed E-state index contributed by atoms with van der Waals surface area (Å²) in [6, 6.07) is 0. The minimum atomic E-state index is 0. The van der Waals surface area contributed by atoms with Crippen LogP contribution in [0.5, 0.6) is 0 Å². The molecule has 0 fully saturated rings. The monoisotopic (exact) mass is 909 g/mol. The minimum Gasteiger partial charge on any atom is -0.813 e. The van der Waals surface area contributed by atoms with Crippen molar-refractivity contribution in [2.75, 3.05) is 0 Å². The summed E-state index contributed by atoms with van der Waals surface area (Å²) in [5, 5.41) is 15.6. The summed E-state index contributed by atoms with van der Waals surface area (Å²) < 4.78 is 0. The van der Waals surface area contributed by atoms with Crippen LogP contribution in [0.4, 0.5) is 0 Å². The largest absolute Gasteiger partial charge is 2.00 e. The molecule has 6 nitrogen and oxygen atoms in total. The van der Waals surface area contributed by atoms with Gasteiger partial charge >= 0.3 is 51.2 Å². The van der Waals surface area contributed by atoms with Crippen LogP contribution in [0.2, 0.25) is 0 Å². The molecule has 3 aliphatic heterocycles. The molecule has 0 unspecified atom stereocenters. The molecule has 0 aliphatic carbocycles. The Morgan fingerprint density at radius 3 is 0.818 bits per heavy atom. The van der Waals surface area contributed by atoms with Gasteiger partial charge in [-0.2, -0.15) is 17.1 Å². The molecule has 0 N–H and O–H groups in total. The number of nitrogens with zero attached hydrogens (tertiary/aromatic N) is 6. The summed E-state index contributed by atoms with van der Waals surface area (Å²) in [6.07, 6.45) is 12.1. The van der Waals surface area contributed by atoms with E-state index in [1.165, 1.54) is 66.8 Å². The van der Waals surface area contributed by atoms with Gasteiger partial charge in [-0.05, 0) is 109 Å². The van der Waals surface area contributed by atoms with Gasteiger partial charge in [0.25, 0.3) is 0 Å². The van der Waals surface area contributed by atoms with Crippen LogP contribution in [-0.2, 0) is 142 Å². The Morgan fingerprint density at radius 1 is 0.400 bits per heavy atom. The molecule has 1 radical (unpaired) electrons. The quantitative estimate of drug-likeness (QED) is 0.162. The van der Waals surface area contributed by atoms with Crippen molar-refractivity contribution < 1.29 is 51.2 Å². The van der Waals surface area contributed by atoms with Gasteiger partial charge in [0.15, 0.2) is 0 Å². The van der Waals surface area contributed by atoms with Crippen LogP contribution in [0, 0.1) is 0 Å². The van der Waals surface area contributed by atoms with Crippen molar-refractivity contribution >= 4 is 30.6 Å². The molecule has 55 heavy (non-hydrogen) atoms. The maximum absolute atomic E-state index is 5.21. The van der Waals surface area contributed by atoms with Gasteiger partial charge < -0.3 is 29.4 Å². The van der Waals surface area contributed by atoms with Gasteiger partial charge in [-0.15, -0.1) is 19.6 Å². The number of hydrogen-bond donors (Lipinski definition) is 0. The van der Waals surface area contributed by atoms with Crippen molar-refractivity contribution in [3.8, 4) is 0 Å². The number of allylic oxidation sites excluding steroid dienone is 6. The van der Waals surface area contributed by atoms with Gasteiger partial charge in [-0.25, -0.2) is 0 Å². The van der Waals surface area contributed by atoms with Gasteiger partial charge in [0.1, 0.15) is 0 Å². The van der Waals surface area contributed by atoms with E-state index in [2.05, 4.69) is 101 Å². The zero-order valence-corrected chi connectivity index (χ0v) is 39.0. The van der Waals surface area contributed by atoms with Crippen LogP contribution in [-0.4, -0.2) is 17.1 Å². The molecule has 0 atom stereocenters. The Balaban J connectivity index is 0.00000729.